The van der Waals surface area contributed by atoms with Crippen molar-refractivity contribution in [1.82, 2.24) is 0 Å². The molecule has 20 heavy (non-hydrogen) atoms. The van der Waals surface area contributed by atoms with E-state index in [4.69, 9.17) is 0 Å². The standard InChI is InChI=1S/C13H12F3NO3/c1-7(2)10-11(18)20-12(19)17(10)9-5-3-8(4-6-9)13(14,15)16/h3-7,10H,1-2H3. The van der Waals surface area contributed by atoms with Gasteiger partial charge in [-0.3, -0.25) is 4.90 Å². The van der Waals surface area contributed by atoms with E-state index >= 15 is 0 Å². The van der Waals surface area contributed by atoms with Crippen molar-refractivity contribution in [2.45, 2.75) is 26.1 Å². The van der Waals surface area contributed by atoms with Crippen molar-refractivity contribution in [3.63, 3.8) is 0 Å². The Kier molecular flexibility index (Phi) is 3.45. The number of esters is 1. The lowest BCUT2D eigenvalue weighted by Gasteiger charge is -2.22. The van der Waals surface area contributed by atoms with Gasteiger partial charge in [-0.2, -0.15) is 13.2 Å². The second-order valence-electron chi connectivity index (χ2n) is 4.79. The minimum Gasteiger partial charge on any atom is -0.374 e. The highest BCUT2D eigenvalue weighted by Crippen LogP contribution is 2.33. The lowest BCUT2D eigenvalue weighted by molar-refractivity contribution is -0.138. The average Bonchev–Trinajstić information content (AvgIpc) is 2.63. The fourth-order valence-corrected chi connectivity index (χ4v) is 2.06. The van der Waals surface area contributed by atoms with Crippen LogP contribution in [0.2, 0.25) is 0 Å². The summed E-state index contributed by atoms with van der Waals surface area (Å²) in [4.78, 5) is 24.3. The van der Waals surface area contributed by atoms with Crippen LogP contribution < -0.4 is 4.90 Å². The lowest BCUT2D eigenvalue weighted by atomic mass is 10.0. The summed E-state index contributed by atoms with van der Waals surface area (Å²) < 4.78 is 42.0. The molecule has 108 valence electrons. The number of amides is 1. The fourth-order valence-electron chi connectivity index (χ4n) is 2.06. The molecule has 1 aliphatic heterocycles. The van der Waals surface area contributed by atoms with Crippen LogP contribution in [-0.2, 0) is 15.7 Å². The molecular weight excluding hydrogens is 275 g/mol. The Morgan fingerprint density at radius 3 is 2.15 bits per heavy atom. The van der Waals surface area contributed by atoms with E-state index in [0.717, 1.165) is 29.2 Å². The third kappa shape index (κ3) is 2.48. The van der Waals surface area contributed by atoms with Crippen molar-refractivity contribution in [3.8, 4) is 0 Å². The summed E-state index contributed by atoms with van der Waals surface area (Å²) in [5, 5.41) is 0. The van der Waals surface area contributed by atoms with Crippen molar-refractivity contribution in [2.75, 3.05) is 4.90 Å². The van der Waals surface area contributed by atoms with E-state index < -0.39 is 29.8 Å². The number of anilines is 1. The number of carbonyl (C=O) groups excluding carboxylic acids is 2. The third-order valence-electron chi connectivity index (χ3n) is 3.01. The minimum atomic E-state index is -4.45. The smallest absolute Gasteiger partial charge is 0.374 e. The fraction of sp³-hybridized carbons (Fsp3) is 0.385. The van der Waals surface area contributed by atoms with Gasteiger partial charge in [-0.05, 0) is 30.2 Å². The maximum Gasteiger partial charge on any atom is 0.422 e. The zero-order valence-electron chi connectivity index (χ0n) is 10.8. The molecule has 1 heterocycles. The first kappa shape index (κ1) is 14.4. The number of nitrogens with zero attached hydrogens (tertiary/aromatic N) is 1. The predicted octanol–water partition coefficient (Wildman–Crippen LogP) is 3.21. The Bertz CT molecular complexity index is 537. The lowest BCUT2D eigenvalue weighted by Crippen LogP contribution is -2.39. The summed E-state index contributed by atoms with van der Waals surface area (Å²) in [6.07, 6.45) is -5.31. The first-order valence-electron chi connectivity index (χ1n) is 5.94. The second-order valence-corrected chi connectivity index (χ2v) is 4.79. The van der Waals surface area contributed by atoms with Gasteiger partial charge in [0.05, 0.1) is 5.56 Å². The predicted molar refractivity (Wildman–Crippen MR) is 64.0 cm³/mol. The van der Waals surface area contributed by atoms with E-state index in [1.165, 1.54) is 0 Å². The molecule has 0 aliphatic carbocycles. The molecule has 1 fully saturated rings. The summed E-state index contributed by atoms with van der Waals surface area (Å²) in [6.45, 7) is 3.45. The zero-order valence-corrected chi connectivity index (χ0v) is 10.8. The number of ether oxygens (including phenoxy) is 1. The molecule has 0 radical (unpaired) electrons. The Morgan fingerprint density at radius 2 is 1.70 bits per heavy atom. The summed E-state index contributed by atoms with van der Waals surface area (Å²) in [5.74, 6) is -0.902. The van der Waals surface area contributed by atoms with Crippen LogP contribution in [0.3, 0.4) is 0 Å². The van der Waals surface area contributed by atoms with Crippen LogP contribution in [0.1, 0.15) is 19.4 Å². The molecule has 1 atom stereocenters. The number of cyclic esters (lactones) is 2. The maximum atomic E-state index is 12.5. The second kappa shape index (κ2) is 4.81. The molecule has 0 bridgehead atoms. The van der Waals surface area contributed by atoms with Gasteiger partial charge in [-0.25, -0.2) is 9.59 Å². The summed E-state index contributed by atoms with van der Waals surface area (Å²) in [5.41, 5.74) is -0.617. The Labute approximate surface area is 113 Å². The molecule has 0 N–H and O–H groups in total. The highest BCUT2D eigenvalue weighted by Gasteiger charge is 2.44. The molecule has 0 aromatic heterocycles. The van der Waals surface area contributed by atoms with E-state index in [9.17, 15) is 22.8 Å². The van der Waals surface area contributed by atoms with Gasteiger partial charge in [0, 0.05) is 5.69 Å². The van der Waals surface area contributed by atoms with Crippen molar-refractivity contribution in [1.29, 1.82) is 0 Å². The number of hydrogen-bond acceptors (Lipinski definition) is 3. The van der Waals surface area contributed by atoms with Gasteiger partial charge in [0.2, 0.25) is 0 Å². The van der Waals surface area contributed by atoms with Crippen molar-refractivity contribution < 1.29 is 27.5 Å². The van der Waals surface area contributed by atoms with Crippen molar-refractivity contribution in [3.05, 3.63) is 29.8 Å². The highest BCUT2D eigenvalue weighted by molar-refractivity contribution is 6.07. The SMILES string of the molecule is CC(C)C1C(=O)OC(=O)N1c1ccc(C(F)(F)F)cc1. The van der Waals surface area contributed by atoms with E-state index in [1.54, 1.807) is 13.8 Å². The first-order valence-corrected chi connectivity index (χ1v) is 5.94. The molecule has 2 rings (SSSR count). The largest absolute Gasteiger partial charge is 0.422 e. The summed E-state index contributed by atoms with van der Waals surface area (Å²) in [6, 6.07) is 3.21. The number of carbonyl (C=O) groups is 2. The number of halogens is 3. The molecular formula is C13H12F3NO3. The number of rotatable bonds is 2. The van der Waals surface area contributed by atoms with Gasteiger partial charge in [0.15, 0.2) is 0 Å². The minimum absolute atomic E-state index is 0.201. The van der Waals surface area contributed by atoms with Gasteiger partial charge in [-0.1, -0.05) is 13.8 Å². The van der Waals surface area contributed by atoms with E-state index in [0.29, 0.717) is 0 Å². The quantitative estimate of drug-likeness (QED) is 0.620. The van der Waals surface area contributed by atoms with Gasteiger partial charge < -0.3 is 4.74 Å². The summed E-state index contributed by atoms with van der Waals surface area (Å²) in [7, 11) is 0. The zero-order chi connectivity index (χ0) is 15.1. The Hall–Kier alpha value is -2.05. The van der Waals surface area contributed by atoms with Crippen LogP contribution in [0.5, 0.6) is 0 Å². The molecule has 1 unspecified atom stereocenters. The van der Waals surface area contributed by atoms with Gasteiger partial charge in [0.25, 0.3) is 0 Å². The van der Waals surface area contributed by atoms with Crippen LogP contribution in [0.15, 0.2) is 24.3 Å². The number of benzene rings is 1. The normalized spacial score (nSPS) is 19.7. The average molecular weight is 287 g/mol. The summed E-state index contributed by atoms with van der Waals surface area (Å²) >= 11 is 0. The molecule has 0 spiro atoms. The molecule has 1 aromatic rings. The molecule has 0 saturated carbocycles. The highest BCUT2D eigenvalue weighted by atomic mass is 19.4. The molecule has 1 amide bonds. The van der Waals surface area contributed by atoms with Crippen LogP contribution in [0, 0.1) is 5.92 Å². The van der Waals surface area contributed by atoms with Crippen LogP contribution in [0.4, 0.5) is 23.7 Å². The van der Waals surface area contributed by atoms with Crippen LogP contribution in [-0.4, -0.2) is 18.1 Å². The number of alkyl halides is 3. The number of hydrogen-bond donors (Lipinski definition) is 0. The first-order chi connectivity index (χ1) is 9.21. The van der Waals surface area contributed by atoms with Crippen LogP contribution >= 0.6 is 0 Å². The third-order valence-corrected chi connectivity index (χ3v) is 3.01. The van der Waals surface area contributed by atoms with Crippen molar-refractivity contribution >= 4 is 17.7 Å². The van der Waals surface area contributed by atoms with Gasteiger partial charge in [-0.15, -0.1) is 0 Å². The van der Waals surface area contributed by atoms with Gasteiger partial charge in [0.1, 0.15) is 6.04 Å². The Morgan fingerprint density at radius 1 is 1.15 bits per heavy atom. The van der Waals surface area contributed by atoms with Crippen LogP contribution in [0.25, 0.3) is 0 Å². The Balaban J connectivity index is 2.35. The van der Waals surface area contributed by atoms with Gasteiger partial charge >= 0.3 is 18.2 Å². The maximum absolute atomic E-state index is 12.5. The molecule has 4 nitrogen and oxygen atoms in total. The molecule has 7 heteroatoms. The van der Waals surface area contributed by atoms with E-state index in [1.807, 2.05) is 0 Å². The van der Waals surface area contributed by atoms with E-state index in [-0.39, 0.29) is 11.6 Å². The van der Waals surface area contributed by atoms with Crippen molar-refractivity contribution in [2.24, 2.45) is 5.92 Å². The molecule has 1 saturated heterocycles. The monoisotopic (exact) mass is 287 g/mol. The molecule has 1 aromatic carbocycles. The topological polar surface area (TPSA) is 46.6 Å². The molecule has 1 aliphatic rings. The van der Waals surface area contributed by atoms with E-state index in [2.05, 4.69) is 4.74 Å².